The summed E-state index contributed by atoms with van der Waals surface area (Å²) in [6.45, 7) is 14.1. The molecule has 1 atom stereocenters. The van der Waals surface area contributed by atoms with Crippen LogP contribution in [0.2, 0.25) is 0 Å². The molecular formula is C19H39NO. The van der Waals surface area contributed by atoms with Crippen LogP contribution >= 0.6 is 0 Å². The lowest BCUT2D eigenvalue weighted by molar-refractivity contribution is -0.135. The van der Waals surface area contributed by atoms with Crippen LogP contribution in [0.5, 0.6) is 0 Å². The van der Waals surface area contributed by atoms with E-state index in [9.17, 15) is 4.79 Å². The number of carbonyl (C=O) groups excluding carboxylic acids is 1. The third kappa shape index (κ3) is 10.8. The minimum absolute atomic E-state index is 0.0852. The average molecular weight is 298 g/mol. The molecule has 0 aliphatic carbocycles. The van der Waals surface area contributed by atoms with Gasteiger partial charge < -0.3 is 4.90 Å². The highest BCUT2D eigenvalue weighted by Gasteiger charge is 2.24. The highest BCUT2D eigenvalue weighted by molar-refractivity contribution is 5.77. The van der Waals surface area contributed by atoms with E-state index in [4.69, 9.17) is 0 Å². The summed E-state index contributed by atoms with van der Waals surface area (Å²) < 4.78 is 0. The summed E-state index contributed by atoms with van der Waals surface area (Å²) in [4.78, 5) is 14.8. The van der Waals surface area contributed by atoms with E-state index in [2.05, 4.69) is 46.4 Å². The molecule has 2 heteroatoms. The van der Waals surface area contributed by atoms with Gasteiger partial charge in [-0.1, -0.05) is 73.1 Å². The van der Waals surface area contributed by atoms with Gasteiger partial charge in [0.15, 0.2) is 0 Å². The Balaban J connectivity index is 4.47. The number of rotatable bonds is 11. The highest BCUT2D eigenvalue weighted by Crippen LogP contribution is 2.22. The molecule has 0 aromatic rings. The van der Waals surface area contributed by atoms with Crippen molar-refractivity contribution >= 4 is 5.91 Å². The monoisotopic (exact) mass is 297 g/mol. The third-order valence-electron chi connectivity index (χ3n) is 4.01. The van der Waals surface area contributed by atoms with Crippen LogP contribution in [0.15, 0.2) is 0 Å². The Kier molecular flexibility index (Phi) is 10.8. The van der Waals surface area contributed by atoms with Crippen molar-refractivity contribution in [2.24, 2.45) is 5.41 Å². The molecule has 0 spiro atoms. The zero-order valence-corrected chi connectivity index (χ0v) is 15.5. The number of hydrogen-bond acceptors (Lipinski definition) is 1. The maximum Gasteiger partial charge on any atom is 0.223 e. The van der Waals surface area contributed by atoms with Gasteiger partial charge in [0.2, 0.25) is 5.91 Å². The Morgan fingerprint density at radius 3 is 2.05 bits per heavy atom. The summed E-state index contributed by atoms with van der Waals surface area (Å²) >= 11 is 0. The first-order valence-electron chi connectivity index (χ1n) is 9.11. The minimum Gasteiger partial charge on any atom is -0.340 e. The Labute approximate surface area is 133 Å². The van der Waals surface area contributed by atoms with Gasteiger partial charge in [-0.05, 0) is 25.2 Å². The Hall–Kier alpha value is -0.530. The van der Waals surface area contributed by atoms with E-state index in [-0.39, 0.29) is 5.41 Å². The standard InChI is InChI=1S/C19H39NO/c1-7-9-11-13-15-20(17(3)14-12-10-8-2)18(21)16-19(4,5)6/h17H,7-16H2,1-6H3. The zero-order chi connectivity index (χ0) is 16.3. The molecule has 2 nitrogen and oxygen atoms in total. The number of hydrogen-bond donors (Lipinski definition) is 0. The van der Waals surface area contributed by atoms with Gasteiger partial charge >= 0.3 is 0 Å². The second-order valence-corrected chi connectivity index (χ2v) is 7.73. The molecule has 0 aromatic heterocycles. The minimum atomic E-state index is 0.0852. The molecule has 0 saturated carbocycles. The number of carbonyl (C=O) groups is 1. The van der Waals surface area contributed by atoms with E-state index in [1.165, 1.54) is 38.5 Å². The molecule has 0 aromatic carbocycles. The molecule has 21 heavy (non-hydrogen) atoms. The van der Waals surface area contributed by atoms with Crippen molar-refractivity contribution in [2.75, 3.05) is 6.54 Å². The van der Waals surface area contributed by atoms with Gasteiger partial charge in [-0.15, -0.1) is 0 Å². The van der Waals surface area contributed by atoms with E-state index < -0.39 is 0 Å². The largest absolute Gasteiger partial charge is 0.340 e. The van der Waals surface area contributed by atoms with Gasteiger partial charge in [0.25, 0.3) is 0 Å². The predicted octanol–water partition coefficient (Wildman–Crippen LogP) is 5.80. The lowest BCUT2D eigenvalue weighted by Gasteiger charge is -2.32. The summed E-state index contributed by atoms with van der Waals surface area (Å²) in [6.07, 6.45) is 10.5. The predicted molar refractivity (Wildman–Crippen MR) is 93.5 cm³/mol. The zero-order valence-electron chi connectivity index (χ0n) is 15.5. The van der Waals surface area contributed by atoms with Crippen molar-refractivity contribution in [1.82, 2.24) is 4.90 Å². The van der Waals surface area contributed by atoms with Crippen LogP contribution in [0.1, 0.15) is 99.3 Å². The summed E-state index contributed by atoms with van der Waals surface area (Å²) in [5.74, 6) is 0.350. The van der Waals surface area contributed by atoms with Gasteiger partial charge in [-0.2, -0.15) is 0 Å². The summed E-state index contributed by atoms with van der Waals surface area (Å²) in [5, 5.41) is 0. The van der Waals surface area contributed by atoms with Crippen molar-refractivity contribution in [2.45, 2.75) is 105 Å². The normalized spacial score (nSPS) is 13.2. The van der Waals surface area contributed by atoms with Gasteiger partial charge in [0.05, 0.1) is 0 Å². The van der Waals surface area contributed by atoms with Crippen LogP contribution in [-0.2, 0) is 4.79 Å². The molecule has 0 radical (unpaired) electrons. The van der Waals surface area contributed by atoms with Crippen LogP contribution in [0.4, 0.5) is 0 Å². The second kappa shape index (κ2) is 11.1. The molecule has 0 aliphatic heterocycles. The fourth-order valence-electron chi connectivity index (χ4n) is 2.70. The Morgan fingerprint density at radius 2 is 1.52 bits per heavy atom. The van der Waals surface area contributed by atoms with Crippen molar-refractivity contribution in [3.8, 4) is 0 Å². The summed E-state index contributed by atoms with van der Waals surface area (Å²) in [6, 6.07) is 0.396. The number of nitrogens with zero attached hydrogens (tertiary/aromatic N) is 1. The van der Waals surface area contributed by atoms with Crippen LogP contribution in [-0.4, -0.2) is 23.4 Å². The maximum absolute atomic E-state index is 12.6. The molecule has 0 rings (SSSR count). The lowest BCUT2D eigenvalue weighted by Crippen LogP contribution is -2.41. The van der Waals surface area contributed by atoms with E-state index in [1.807, 2.05) is 0 Å². The molecule has 0 N–H and O–H groups in total. The maximum atomic E-state index is 12.6. The van der Waals surface area contributed by atoms with Crippen LogP contribution in [0.25, 0.3) is 0 Å². The van der Waals surface area contributed by atoms with Crippen LogP contribution in [0, 0.1) is 5.41 Å². The molecule has 0 saturated heterocycles. The highest BCUT2D eigenvalue weighted by atomic mass is 16.2. The second-order valence-electron chi connectivity index (χ2n) is 7.73. The van der Waals surface area contributed by atoms with Crippen molar-refractivity contribution in [3.63, 3.8) is 0 Å². The fourth-order valence-corrected chi connectivity index (χ4v) is 2.70. The molecule has 0 aliphatic rings. The Bertz CT molecular complexity index is 267. The molecule has 0 heterocycles. The number of unbranched alkanes of at least 4 members (excludes halogenated alkanes) is 5. The first-order chi connectivity index (χ1) is 9.81. The molecule has 1 unspecified atom stereocenters. The summed E-state index contributed by atoms with van der Waals surface area (Å²) in [7, 11) is 0. The van der Waals surface area contributed by atoms with Crippen molar-refractivity contribution in [1.29, 1.82) is 0 Å². The lowest BCUT2D eigenvalue weighted by atomic mass is 9.91. The van der Waals surface area contributed by atoms with Gasteiger partial charge in [0, 0.05) is 19.0 Å². The third-order valence-corrected chi connectivity index (χ3v) is 4.01. The van der Waals surface area contributed by atoms with Gasteiger partial charge in [0.1, 0.15) is 0 Å². The van der Waals surface area contributed by atoms with Crippen LogP contribution in [0.3, 0.4) is 0 Å². The fraction of sp³-hybridized carbons (Fsp3) is 0.947. The number of amides is 1. The quantitative estimate of drug-likeness (QED) is 0.441. The first kappa shape index (κ1) is 20.5. The first-order valence-corrected chi connectivity index (χ1v) is 9.11. The van der Waals surface area contributed by atoms with E-state index in [0.717, 1.165) is 19.4 Å². The van der Waals surface area contributed by atoms with Gasteiger partial charge in [-0.25, -0.2) is 0 Å². The Morgan fingerprint density at radius 1 is 0.952 bits per heavy atom. The molecule has 0 bridgehead atoms. The van der Waals surface area contributed by atoms with E-state index in [0.29, 0.717) is 18.4 Å². The summed E-state index contributed by atoms with van der Waals surface area (Å²) in [5.41, 5.74) is 0.0852. The van der Waals surface area contributed by atoms with E-state index in [1.54, 1.807) is 0 Å². The molecule has 126 valence electrons. The van der Waals surface area contributed by atoms with Crippen molar-refractivity contribution < 1.29 is 4.79 Å². The van der Waals surface area contributed by atoms with E-state index >= 15 is 0 Å². The molecular weight excluding hydrogens is 258 g/mol. The topological polar surface area (TPSA) is 20.3 Å². The molecule has 1 amide bonds. The average Bonchev–Trinajstić information content (AvgIpc) is 2.36. The van der Waals surface area contributed by atoms with Crippen LogP contribution < -0.4 is 0 Å². The van der Waals surface area contributed by atoms with Gasteiger partial charge in [-0.3, -0.25) is 4.79 Å². The SMILES string of the molecule is CCCCCCN(C(=O)CC(C)(C)C)C(C)CCCCC. The molecule has 0 fully saturated rings. The smallest absolute Gasteiger partial charge is 0.223 e. The van der Waals surface area contributed by atoms with Crippen molar-refractivity contribution in [3.05, 3.63) is 0 Å².